The predicted octanol–water partition coefficient (Wildman–Crippen LogP) is 4.07. The Hall–Kier alpha value is -2.49. The molecule has 1 saturated heterocycles. The number of sulfonamides is 1. The molecule has 2 heterocycles. The van der Waals surface area contributed by atoms with Gasteiger partial charge in [-0.3, -0.25) is 14.2 Å². The third kappa shape index (κ3) is 4.69. The summed E-state index contributed by atoms with van der Waals surface area (Å²) >= 11 is 1.08. The maximum absolute atomic E-state index is 13.3. The minimum atomic E-state index is -3.69. The van der Waals surface area contributed by atoms with Crippen LogP contribution in [0.1, 0.15) is 56.2 Å². The Kier molecular flexibility index (Phi) is 6.83. The van der Waals surface area contributed by atoms with Crippen LogP contribution >= 0.6 is 11.3 Å². The summed E-state index contributed by atoms with van der Waals surface area (Å²) in [7, 11) is -3.69. The number of benzene rings is 2. The number of rotatable bonds is 6. The van der Waals surface area contributed by atoms with Gasteiger partial charge < -0.3 is 5.32 Å². The van der Waals surface area contributed by atoms with Gasteiger partial charge in [0.25, 0.3) is 0 Å². The van der Waals surface area contributed by atoms with E-state index in [9.17, 15) is 18.0 Å². The Bertz CT molecular complexity index is 1400. The Morgan fingerprint density at radius 3 is 2.66 bits per heavy atom. The highest BCUT2D eigenvalue weighted by atomic mass is 32.2. The molecule has 2 aromatic carbocycles. The van der Waals surface area contributed by atoms with E-state index in [1.807, 2.05) is 19.1 Å². The second-order valence-corrected chi connectivity index (χ2v) is 12.4. The number of hydrogen-bond donors (Lipinski definition) is 1. The zero-order chi connectivity index (χ0) is 24.6. The predicted molar refractivity (Wildman–Crippen MR) is 138 cm³/mol. The third-order valence-corrected chi connectivity index (χ3v) is 10.1. The van der Waals surface area contributed by atoms with Crippen LogP contribution in [0, 0.1) is 5.92 Å². The normalized spacial score (nSPS) is 19.5. The topological polar surface area (TPSA) is 88.5 Å². The Balaban J connectivity index is 1.25. The number of amides is 1. The molecule has 0 radical (unpaired) electrons. The van der Waals surface area contributed by atoms with Crippen molar-refractivity contribution in [1.29, 1.82) is 0 Å². The summed E-state index contributed by atoms with van der Waals surface area (Å²) in [5.41, 5.74) is 3.29. The molecule has 0 spiro atoms. The second kappa shape index (κ2) is 9.87. The number of aromatic nitrogens is 1. The van der Waals surface area contributed by atoms with E-state index in [0.29, 0.717) is 37.2 Å². The first kappa shape index (κ1) is 24.2. The molecule has 1 fully saturated rings. The van der Waals surface area contributed by atoms with Crippen molar-refractivity contribution in [1.82, 2.24) is 14.2 Å². The van der Waals surface area contributed by atoms with Gasteiger partial charge in [-0.15, -0.1) is 0 Å². The molecule has 7 nitrogen and oxygen atoms in total. The standard InChI is InChI=1S/C26H31N3O4S2/c1-2-14-29-23-11-10-20(17-24(23)34-26(29)31)35(32,33)28-15-12-19(13-16-28)25(30)27-22-9-5-7-18-6-3-4-8-21(18)22/h3-4,6,8,10-11,17,19,22H,2,5,7,9,12-16H2,1H3,(H,27,30)/t22-/m0/s1. The molecular weight excluding hydrogens is 482 g/mol. The molecule has 1 N–H and O–H groups in total. The van der Waals surface area contributed by atoms with Gasteiger partial charge >= 0.3 is 4.87 Å². The molecule has 1 amide bonds. The molecule has 186 valence electrons. The van der Waals surface area contributed by atoms with E-state index in [1.54, 1.807) is 22.8 Å². The van der Waals surface area contributed by atoms with Crippen molar-refractivity contribution in [2.75, 3.05) is 13.1 Å². The maximum Gasteiger partial charge on any atom is 0.308 e. The van der Waals surface area contributed by atoms with Gasteiger partial charge in [-0.2, -0.15) is 4.31 Å². The molecular formula is C26H31N3O4S2. The van der Waals surface area contributed by atoms with Gasteiger partial charge in [0, 0.05) is 25.6 Å². The number of fused-ring (bicyclic) bond motifs is 2. The van der Waals surface area contributed by atoms with Gasteiger partial charge in [-0.05, 0) is 67.9 Å². The summed E-state index contributed by atoms with van der Waals surface area (Å²) in [6.07, 6.45) is 4.88. The highest BCUT2D eigenvalue weighted by Gasteiger charge is 2.33. The van der Waals surface area contributed by atoms with Crippen LogP contribution in [-0.2, 0) is 27.8 Å². The first-order valence-electron chi connectivity index (χ1n) is 12.4. The summed E-state index contributed by atoms with van der Waals surface area (Å²) in [4.78, 5) is 25.5. The van der Waals surface area contributed by atoms with Crippen LogP contribution in [0.3, 0.4) is 0 Å². The largest absolute Gasteiger partial charge is 0.349 e. The Morgan fingerprint density at radius 1 is 1.11 bits per heavy atom. The smallest absolute Gasteiger partial charge is 0.308 e. The van der Waals surface area contributed by atoms with Gasteiger partial charge in [-0.25, -0.2) is 8.42 Å². The van der Waals surface area contributed by atoms with Crippen molar-refractivity contribution in [2.45, 2.75) is 62.9 Å². The number of carbonyl (C=O) groups is 1. The van der Waals surface area contributed by atoms with Gasteiger partial charge in [0.2, 0.25) is 15.9 Å². The van der Waals surface area contributed by atoms with Crippen LogP contribution in [0.4, 0.5) is 0 Å². The Morgan fingerprint density at radius 2 is 1.89 bits per heavy atom. The van der Waals surface area contributed by atoms with E-state index in [0.717, 1.165) is 42.5 Å². The van der Waals surface area contributed by atoms with Crippen molar-refractivity contribution in [2.24, 2.45) is 5.92 Å². The average Bonchev–Trinajstić information content (AvgIpc) is 3.18. The fraction of sp³-hybridized carbons (Fsp3) is 0.462. The van der Waals surface area contributed by atoms with Crippen LogP contribution in [0.25, 0.3) is 10.2 Å². The Labute approximate surface area is 209 Å². The summed E-state index contributed by atoms with van der Waals surface area (Å²) < 4.78 is 30.5. The highest BCUT2D eigenvalue weighted by molar-refractivity contribution is 7.89. The molecule has 35 heavy (non-hydrogen) atoms. The summed E-state index contributed by atoms with van der Waals surface area (Å²) in [5, 5.41) is 3.23. The lowest BCUT2D eigenvalue weighted by atomic mass is 9.87. The van der Waals surface area contributed by atoms with Gasteiger partial charge in [0.15, 0.2) is 0 Å². The number of carbonyl (C=O) groups excluding carboxylic acids is 1. The van der Waals surface area contributed by atoms with E-state index < -0.39 is 10.0 Å². The summed E-state index contributed by atoms with van der Waals surface area (Å²) in [6.45, 7) is 3.25. The molecule has 1 atom stereocenters. The van der Waals surface area contributed by atoms with Crippen LogP contribution in [-0.4, -0.2) is 36.3 Å². The van der Waals surface area contributed by atoms with Crippen molar-refractivity contribution < 1.29 is 13.2 Å². The van der Waals surface area contributed by atoms with Gasteiger partial charge in [-0.1, -0.05) is 42.5 Å². The third-order valence-electron chi connectivity index (χ3n) is 7.24. The zero-order valence-electron chi connectivity index (χ0n) is 19.9. The molecule has 0 unspecified atom stereocenters. The van der Waals surface area contributed by atoms with E-state index in [2.05, 4.69) is 17.4 Å². The highest BCUT2D eigenvalue weighted by Crippen LogP contribution is 2.31. The van der Waals surface area contributed by atoms with Gasteiger partial charge in [0.1, 0.15) is 0 Å². The quantitative estimate of drug-likeness (QED) is 0.538. The molecule has 2 aliphatic rings. The molecule has 0 saturated carbocycles. The first-order valence-corrected chi connectivity index (χ1v) is 14.7. The van der Waals surface area contributed by atoms with Crippen LogP contribution < -0.4 is 10.2 Å². The van der Waals surface area contributed by atoms with E-state index >= 15 is 0 Å². The monoisotopic (exact) mass is 513 g/mol. The second-order valence-electron chi connectivity index (χ2n) is 9.48. The van der Waals surface area contributed by atoms with E-state index in [-0.39, 0.29) is 27.6 Å². The first-order chi connectivity index (χ1) is 16.9. The minimum absolute atomic E-state index is 0.0206. The van der Waals surface area contributed by atoms with Crippen molar-refractivity contribution in [3.05, 3.63) is 63.3 Å². The lowest BCUT2D eigenvalue weighted by Gasteiger charge is -2.32. The summed E-state index contributed by atoms with van der Waals surface area (Å²) in [5.74, 6) is -0.168. The lowest BCUT2D eigenvalue weighted by molar-refractivity contribution is -0.127. The molecule has 5 rings (SSSR count). The number of nitrogens with zero attached hydrogens (tertiary/aromatic N) is 2. The van der Waals surface area contributed by atoms with Crippen molar-refractivity contribution in [3.63, 3.8) is 0 Å². The molecule has 9 heteroatoms. The molecule has 1 aliphatic carbocycles. The maximum atomic E-state index is 13.3. The van der Waals surface area contributed by atoms with Crippen LogP contribution in [0.15, 0.2) is 52.2 Å². The summed E-state index contributed by atoms with van der Waals surface area (Å²) in [6, 6.07) is 13.3. The average molecular weight is 514 g/mol. The molecule has 1 aromatic heterocycles. The number of piperidine rings is 1. The number of aryl methyl sites for hydroxylation is 2. The van der Waals surface area contributed by atoms with E-state index in [1.165, 1.54) is 15.4 Å². The fourth-order valence-corrected chi connectivity index (χ4v) is 7.87. The molecule has 1 aliphatic heterocycles. The molecule has 0 bridgehead atoms. The zero-order valence-corrected chi connectivity index (χ0v) is 21.5. The lowest BCUT2D eigenvalue weighted by Crippen LogP contribution is -2.44. The molecule has 3 aromatic rings. The number of nitrogens with one attached hydrogen (secondary N) is 1. The van der Waals surface area contributed by atoms with Crippen molar-refractivity contribution in [3.8, 4) is 0 Å². The van der Waals surface area contributed by atoms with Crippen LogP contribution in [0.2, 0.25) is 0 Å². The minimum Gasteiger partial charge on any atom is -0.349 e. The van der Waals surface area contributed by atoms with Crippen LogP contribution in [0.5, 0.6) is 0 Å². The van der Waals surface area contributed by atoms with Crippen molar-refractivity contribution >= 4 is 37.5 Å². The van der Waals surface area contributed by atoms with E-state index in [4.69, 9.17) is 0 Å². The SMILES string of the molecule is CCCn1c(=O)sc2cc(S(=O)(=O)N3CCC(C(=O)N[C@H]4CCCc5ccccc54)CC3)ccc21. The number of thiazole rings is 1. The number of hydrogen-bond acceptors (Lipinski definition) is 5. The fourth-order valence-electron chi connectivity index (χ4n) is 5.34. The van der Waals surface area contributed by atoms with Gasteiger partial charge in [0.05, 0.1) is 21.2 Å².